The first kappa shape index (κ1) is 16.0. The molecule has 2 rings (SSSR count). The van der Waals surface area contributed by atoms with Crippen molar-refractivity contribution in [2.24, 2.45) is 0 Å². The Morgan fingerprint density at radius 3 is 2.50 bits per heavy atom. The van der Waals surface area contributed by atoms with Crippen LogP contribution in [0.5, 0.6) is 0 Å². The highest BCUT2D eigenvalue weighted by Crippen LogP contribution is 2.29. The molecule has 0 atom stereocenters. The lowest BCUT2D eigenvalue weighted by atomic mass is 10.1. The van der Waals surface area contributed by atoms with Gasteiger partial charge in [-0.3, -0.25) is 9.69 Å². The Balaban J connectivity index is 1.86. The van der Waals surface area contributed by atoms with E-state index >= 15 is 0 Å². The molecule has 1 amide bonds. The molecule has 5 nitrogen and oxygen atoms in total. The lowest BCUT2D eigenvalue weighted by Gasteiger charge is -2.16. The van der Waals surface area contributed by atoms with E-state index in [-0.39, 0.29) is 12.5 Å². The second-order valence-electron chi connectivity index (χ2n) is 4.80. The first-order chi connectivity index (χ1) is 10.3. The fourth-order valence-electron chi connectivity index (χ4n) is 1.87. The Kier molecular flexibility index (Phi) is 4.81. The summed E-state index contributed by atoms with van der Waals surface area (Å²) >= 11 is 0. The predicted octanol–water partition coefficient (Wildman–Crippen LogP) is 2.76. The molecule has 0 unspecified atom stereocenters. The van der Waals surface area contributed by atoms with E-state index in [1.807, 2.05) is 0 Å². The molecule has 0 aliphatic heterocycles. The summed E-state index contributed by atoms with van der Waals surface area (Å²) in [6.45, 7) is 0.429. The Bertz CT molecular complexity index is 609. The number of anilines is 1. The van der Waals surface area contributed by atoms with E-state index in [9.17, 15) is 18.0 Å². The molecule has 0 aliphatic carbocycles. The van der Waals surface area contributed by atoms with E-state index in [4.69, 9.17) is 0 Å². The van der Waals surface area contributed by atoms with Crippen LogP contribution in [0.2, 0.25) is 0 Å². The molecule has 1 heterocycles. The number of benzene rings is 1. The van der Waals surface area contributed by atoms with E-state index < -0.39 is 11.7 Å². The molecule has 2 aromatic rings. The number of carbonyl (C=O) groups is 1. The van der Waals surface area contributed by atoms with Gasteiger partial charge in [-0.05, 0) is 24.7 Å². The molecule has 1 aromatic carbocycles. The zero-order valence-corrected chi connectivity index (χ0v) is 11.7. The molecule has 0 aliphatic rings. The summed E-state index contributed by atoms with van der Waals surface area (Å²) in [5.41, 5.74) is -0.00702. The summed E-state index contributed by atoms with van der Waals surface area (Å²) in [7, 11) is 1.69. The smallest absolute Gasteiger partial charge is 0.363 e. The van der Waals surface area contributed by atoms with Crippen molar-refractivity contribution in [2.45, 2.75) is 12.7 Å². The van der Waals surface area contributed by atoms with Crippen LogP contribution in [0.1, 0.15) is 11.1 Å². The Morgan fingerprint density at radius 2 is 1.95 bits per heavy atom. The van der Waals surface area contributed by atoms with Crippen LogP contribution in [0.15, 0.2) is 41.1 Å². The minimum atomic E-state index is -4.35. The molecular formula is C14H14F3N3O2. The van der Waals surface area contributed by atoms with Gasteiger partial charge in [-0.2, -0.15) is 13.2 Å². The van der Waals surface area contributed by atoms with Crippen molar-refractivity contribution in [1.29, 1.82) is 0 Å². The van der Waals surface area contributed by atoms with Crippen molar-refractivity contribution in [3.8, 4) is 0 Å². The molecule has 118 valence electrons. The van der Waals surface area contributed by atoms with E-state index in [1.165, 1.54) is 24.5 Å². The third-order valence-electron chi connectivity index (χ3n) is 2.85. The number of halogens is 3. The second-order valence-corrected chi connectivity index (χ2v) is 4.80. The van der Waals surface area contributed by atoms with E-state index in [0.717, 1.165) is 12.1 Å². The van der Waals surface area contributed by atoms with Crippen molar-refractivity contribution in [1.82, 2.24) is 10.1 Å². The number of carbonyl (C=O) groups excluding carboxylic acids is 1. The highest BCUT2D eigenvalue weighted by atomic mass is 19.4. The van der Waals surface area contributed by atoms with Crippen molar-refractivity contribution in [3.05, 3.63) is 47.7 Å². The van der Waals surface area contributed by atoms with Crippen LogP contribution < -0.4 is 5.32 Å². The van der Waals surface area contributed by atoms with Crippen molar-refractivity contribution in [2.75, 3.05) is 18.9 Å². The van der Waals surface area contributed by atoms with Gasteiger partial charge in [-0.25, -0.2) is 0 Å². The van der Waals surface area contributed by atoms with Crippen molar-refractivity contribution in [3.63, 3.8) is 0 Å². The number of amides is 1. The monoisotopic (exact) mass is 313 g/mol. The number of hydrogen-bond donors (Lipinski definition) is 1. The maximum absolute atomic E-state index is 12.5. The van der Waals surface area contributed by atoms with Gasteiger partial charge in [0.15, 0.2) is 5.82 Å². The molecular weight excluding hydrogens is 299 g/mol. The SMILES string of the molecule is CN(CC(=O)Nc1ccon1)Cc1ccc(C(F)(F)F)cc1. The Morgan fingerprint density at radius 1 is 1.27 bits per heavy atom. The summed E-state index contributed by atoms with van der Waals surface area (Å²) in [6, 6.07) is 6.36. The van der Waals surface area contributed by atoms with E-state index in [0.29, 0.717) is 17.9 Å². The maximum Gasteiger partial charge on any atom is 0.416 e. The molecule has 0 saturated heterocycles. The van der Waals surface area contributed by atoms with Gasteiger partial charge in [0.2, 0.25) is 5.91 Å². The number of rotatable bonds is 5. The Hall–Kier alpha value is -2.35. The van der Waals surface area contributed by atoms with Crippen LogP contribution >= 0.6 is 0 Å². The van der Waals surface area contributed by atoms with Crippen LogP contribution in [0.25, 0.3) is 0 Å². The standard InChI is InChI=1S/C14H14F3N3O2/c1-20(9-13(21)18-12-6-7-22-19-12)8-10-2-4-11(5-3-10)14(15,16)17/h2-7H,8-9H2,1H3,(H,18,19,21). The van der Waals surface area contributed by atoms with Gasteiger partial charge >= 0.3 is 6.18 Å². The summed E-state index contributed by atoms with van der Waals surface area (Å²) in [4.78, 5) is 13.4. The quantitative estimate of drug-likeness (QED) is 0.922. The van der Waals surface area contributed by atoms with Crippen molar-refractivity contribution >= 4 is 11.7 Å². The van der Waals surface area contributed by atoms with Gasteiger partial charge in [-0.1, -0.05) is 17.3 Å². The van der Waals surface area contributed by atoms with Crippen LogP contribution in [0, 0.1) is 0 Å². The number of hydrogen-bond acceptors (Lipinski definition) is 4. The zero-order chi connectivity index (χ0) is 16.2. The fraction of sp³-hybridized carbons (Fsp3) is 0.286. The summed E-state index contributed by atoms with van der Waals surface area (Å²) in [5.74, 6) is 0.0243. The molecule has 1 N–H and O–H groups in total. The molecule has 0 spiro atoms. The minimum Gasteiger partial charge on any atom is -0.363 e. The average molecular weight is 313 g/mol. The van der Waals surface area contributed by atoms with Crippen LogP contribution in [-0.4, -0.2) is 29.6 Å². The van der Waals surface area contributed by atoms with Gasteiger partial charge < -0.3 is 9.84 Å². The number of nitrogens with zero attached hydrogens (tertiary/aromatic N) is 2. The van der Waals surface area contributed by atoms with Crippen LogP contribution in [-0.2, 0) is 17.5 Å². The van der Waals surface area contributed by atoms with E-state index in [2.05, 4.69) is 15.0 Å². The molecule has 0 fully saturated rings. The first-order valence-corrected chi connectivity index (χ1v) is 6.39. The maximum atomic E-state index is 12.5. The van der Waals surface area contributed by atoms with Gasteiger partial charge in [0.05, 0.1) is 12.1 Å². The van der Waals surface area contributed by atoms with Gasteiger partial charge in [0, 0.05) is 12.6 Å². The van der Waals surface area contributed by atoms with Gasteiger partial charge in [0.1, 0.15) is 6.26 Å². The minimum absolute atomic E-state index is 0.0773. The molecule has 22 heavy (non-hydrogen) atoms. The van der Waals surface area contributed by atoms with Gasteiger partial charge in [-0.15, -0.1) is 0 Å². The lowest BCUT2D eigenvalue weighted by Crippen LogP contribution is -2.29. The number of alkyl halides is 3. The predicted molar refractivity (Wildman–Crippen MR) is 72.9 cm³/mol. The highest BCUT2D eigenvalue weighted by Gasteiger charge is 2.29. The molecule has 0 saturated carbocycles. The van der Waals surface area contributed by atoms with Gasteiger partial charge in [0.25, 0.3) is 0 Å². The molecule has 1 aromatic heterocycles. The summed E-state index contributed by atoms with van der Waals surface area (Å²) < 4.78 is 42.0. The summed E-state index contributed by atoms with van der Waals surface area (Å²) in [5, 5.41) is 6.08. The fourth-order valence-corrected chi connectivity index (χ4v) is 1.87. The van der Waals surface area contributed by atoms with E-state index in [1.54, 1.807) is 11.9 Å². The summed E-state index contributed by atoms with van der Waals surface area (Å²) in [6.07, 6.45) is -3.01. The number of aromatic nitrogens is 1. The van der Waals surface area contributed by atoms with Crippen molar-refractivity contribution < 1.29 is 22.5 Å². The molecule has 8 heteroatoms. The molecule has 0 radical (unpaired) electrons. The third-order valence-corrected chi connectivity index (χ3v) is 2.85. The lowest BCUT2D eigenvalue weighted by molar-refractivity contribution is -0.137. The number of likely N-dealkylation sites (N-methyl/N-ethyl adjacent to an activating group) is 1. The van der Waals surface area contributed by atoms with Crippen LogP contribution in [0.4, 0.5) is 19.0 Å². The zero-order valence-electron chi connectivity index (χ0n) is 11.7. The van der Waals surface area contributed by atoms with Crippen LogP contribution in [0.3, 0.4) is 0 Å². The second kappa shape index (κ2) is 6.61. The topological polar surface area (TPSA) is 58.4 Å². The number of nitrogens with one attached hydrogen (secondary N) is 1. The third kappa shape index (κ3) is 4.59. The highest BCUT2D eigenvalue weighted by molar-refractivity contribution is 5.91. The normalized spacial score (nSPS) is 11.7. The largest absolute Gasteiger partial charge is 0.416 e. The molecule has 0 bridgehead atoms. The first-order valence-electron chi connectivity index (χ1n) is 6.39. The Labute approximate surface area is 124 Å². The average Bonchev–Trinajstić information content (AvgIpc) is 2.90.